The molecule has 1 unspecified atom stereocenters. The van der Waals surface area contributed by atoms with E-state index in [2.05, 4.69) is 35.5 Å². The van der Waals surface area contributed by atoms with Gasteiger partial charge in [-0.2, -0.15) is 0 Å². The minimum atomic E-state index is 0.576. The Labute approximate surface area is 127 Å². The molecule has 1 aliphatic heterocycles. The molecule has 0 bridgehead atoms. The lowest BCUT2D eigenvalue weighted by molar-refractivity contribution is 0.131. The molecule has 2 heterocycles. The molecule has 1 N–H and O–H groups in total. The molecule has 0 amide bonds. The first-order valence-corrected chi connectivity index (χ1v) is 8.79. The van der Waals surface area contributed by atoms with Crippen molar-refractivity contribution in [2.75, 3.05) is 39.4 Å². The van der Waals surface area contributed by atoms with Gasteiger partial charge in [-0.1, -0.05) is 13.3 Å². The van der Waals surface area contributed by atoms with E-state index in [1.54, 1.807) is 10.4 Å². The van der Waals surface area contributed by atoms with Gasteiger partial charge in [-0.25, -0.2) is 0 Å². The van der Waals surface area contributed by atoms with Gasteiger partial charge in [0.05, 0.1) is 6.61 Å². The van der Waals surface area contributed by atoms with Gasteiger partial charge in [0.15, 0.2) is 0 Å². The summed E-state index contributed by atoms with van der Waals surface area (Å²) in [6.07, 6.45) is 3.61. The average molecular weight is 296 g/mol. The normalized spacial score (nSPS) is 19.2. The largest absolute Gasteiger partial charge is 0.380 e. The van der Waals surface area contributed by atoms with Gasteiger partial charge in [0.1, 0.15) is 0 Å². The Morgan fingerprint density at radius 3 is 3.15 bits per heavy atom. The van der Waals surface area contributed by atoms with E-state index in [1.165, 1.54) is 25.8 Å². The number of nitrogens with one attached hydrogen (secondary N) is 1. The quantitative estimate of drug-likeness (QED) is 0.709. The van der Waals surface area contributed by atoms with Gasteiger partial charge in [-0.3, -0.25) is 4.90 Å². The third kappa shape index (κ3) is 4.55. The first-order valence-electron chi connectivity index (χ1n) is 7.91. The molecule has 1 atom stereocenters. The van der Waals surface area contributed by atoms with Crippen LogP contribution in [0.5, 0.6) is 0 Å². The standard InChI is InChI=1S/C16H28N2OS/c1-3-4-11-19-12-8-17-7-10-18-9-5-16-15(14(18)2)6-13-20-16/h6,13-14,17H,3-5,7-12H2,1-2H3. The molecule has 4 heteroatoms. The molecule has 0 aliphatic carbocycles. The van der Waals surface area contributed by atoms with E-state index in [0.29, 0.717) is 6.04 Å². The molecule has 0 spiro atoms. The van der Waals surface area contributed by atoms with Crippen LogP contribution in [0.25, 0.3) is 0 Å². The van der Waals surface area contributed by atoms with Crippen molar-refractivity contribution in [1.82, 2.24) is 10.2 Å². The Morgan fingerprint density at radius 1 is 1.40 bits per heavy atom. The van der Waals surface area contributed by atoms with E-state index in [1.807, 2.05) is 11.3 Å². The molecule has 0 saturated carbocycles. The van der Waals surface area contributed by atoms with Crippen LogP contribution in [0.1, 0.15) is 43.2 Å². The van der Waals surface area contributed by atoms with Crippen LogP contribution in [0.15, 0.2) is 11.4 Å². The highest BCUT2D eigenvalue weighted by Gasteiger charge is 2.23. The maximum absolute atomic E-state index is 5.55. The summed E-state index contributed by atoms with van der Waals surface area (Å²) in [5.74, 6) is 0. The third-order valence-corrected chi connectivity index (χ3v) is 5.04. The van der Waals surface area contributed by atoms with E-state index in [4.69, 9.17) is 4.74 Å². The first-order chi connectivity index (χ1) is 9.83. The number of unbranched alkanes of at least 4 members (excludes halogenated alkanes) is 1. The molecule has 0 aromatic carbocycles. The van der Waals surface area contributed by atoms with Gasteiger partial charge in [-0.15, -0.1) is 11.3 Å². The first kappa shape index (κ1) is 16.0. The second-order valence-electron chi connectivity index (χ2n) is 5.48. The minimum Gasteiger partial charge on any atom is -0.380 e. The second kappa shape index (κ2) is 8.78. The minimum absolute atomic E-state index is 0.576. The summed E-state index contributed by atoms with van der Waals surface area (Å²) < 4.78 is 5.55. The fourth-order valence-corrected chi connectivity index (χ4v) is 3.67. The fraction of sp³-hybridized carbons (Fsp3) is 0.750. The number of fused-ring (bicyclic) bond motifs is 1. The molecule has 1 aromatic heterocycles. The van der Waals surface area contributed by atoms with Crippen molar-refractivity contribution in [2.45, 2.75) is 39.2 Å². The molecule has 20 heavy (non-hydrogen) atoms. The summed E-state index contributed by atoms with van der Waals surface area (Å²) in [6, 6.07) is 2.87. The zero-order valence-corrected chi connectivity index (χ0v) is 13.7. The van der Waals surface area contributed by atoms with E-state index in [9.17, 15) is 0 Å². The van der Waals surface area contributed by atoms with Crippen LogP contribution in [0.3, 0.4) is 0 Å². The van der Waals surface area contributed by atoms with Crippen molar-refractivity contribution in [3.05, 3.63) is 21.9 Å². The van der Waals surface area contributed by atoms with Crippen LogP contribution >= 0.6 is 11.3 Å². The molecule has 1 aromatic rings. The van der Waals surface area contributed by atoms with Crippen molar-refractivity contribution in [3.63, 3.8) is 0 Å². The highest BCUT2D eigenvalue weighted by atomic mass is 32.1. The Bertz CT molecular complexity index is 380. The fourth-order valence-electron chi connectivity index (χ4n) is 2.71. The Morgan fingerprint density at radius 2 is 2.30 bits per heavy atom. The van der Waals surface area contributed by atoms with Gasteiger partial charge in [0, 0.05) is 43.7 Å². The molecule has 0 saturated heterocycles. The monoisotopic (exact) mass is 296 g/mol. The molecule has 114 valence electrons. The predicted octanol–water partition coefficient (Wildman–Crippen LogP) is 3.07. The number of nitrogens with zero attached hydrogens (tertiary/aromatic N) is 1. The Balaban J connectivity index is 1.57. The SMILES string of the molecule is CCCCOCCNCCN1CCc2sccc2C1C. The van der Waals surface area contributed by atoms with Crippen molar-refractivity contribution in [2.24, 2.45) is 0 Å². The van der Waals surface area contributed by atoms with E-state index in [0.717, 1.165) is 32.8 Å². The smallest absolute Gasteiger partial charge is 0.0590 e. The molecule has 0 radical (unpaired) electrons. The van der Waals surface area contributed by atoms with E-state index < -0.39 is 0 Å². The van der Waals surface area contributed by atoms with Crippen molar-refractivity contribution in [3.8, 4) is 0 Å². The maximum Gasteiger partial charge on any atom is 0.0590 e. The van der Waals surface area contributed by atoms with Crippen LogP contribution in [0.4, 0.5) is 0 Å². The van der Waals surface area contributed by atoms with Gasteiger partial charge in [-0.05, 0) is 36.8 Å². The summed E-state index contributed by atoms with van der Waals surface area (Å²) in [7, 11) is 0. The highest BCUT2D eigenvalue weighted by Crippen LogP contribution is 2.32. The van der Waals surface area contributed by atoms with Crippen LogP contribution in [-0.4, -0.2) is 44.3 Å². The lowest BCUT2D eigenvalue weighted by atomic mass is 10.0. The van der Waals surface area contributed by atoms with Crippen molar-refractivity contribution >= 4 is 11.3 Å². The number of ether oxygens (including phenoxy) is 1. The predicted molar refractivity (Wildman–Crippen MR) is 86.6 cm³/mol. The number of rotatable bonds is 9. The van der Waals surface area contributed by atoms with Gasteiger partial charge in [0.2, 0.25) is 0 Å². The van der Waals surface area contributed by atoms with Crippen LogP contribution in [0, 0.1) is 0 Å². The molecule has 3 nitrogen and oxygen atoms in total. The van der Waals surface area contributed by atoms with Crippen molar-refractivity contribution < 1.29 is 4.74 Å². The average Bonchev–Trinajstić information content (AvgIpc) is 2.93. The number of hydrogen-bond acceptors (Lipinski definition) is 4. The lowest BCUT2D eigenvalue weighted by Gasteiger charge is -2.33. The zero-order chi connectivity index (χ0) is 14.2. The van der Waals surface area contributed by atoms with Gasteiger partial charge in [0.25, 0.3) is 0 Å². The highest BCUT2D eigenvalue weighted by molar-refractivity contribution is 7.10. The summed E-state index contributed by atoms with van der Waals surface area (Å²) in [5.41, 5.74) is 1.55. The topological polar surface area (TPSA) is 24.5 Å². The summed E-state index contributed by atoms with van der Waals surface area (Å²) in [5, 5.41) is 5.72. The summed E-state index contributed by atoms with van der Waals surface area (Å²) >= 11 is 1.91. The van der Waals surface area contributed by atoms with E-state index >= 15 is 0 Å². The van der Waals surface area contributed by atoms with Gasteiger partial charge < -0.3 is 10.1 Å². The lowest BCUT2D eigenvalue weighted by Crippen LogP contribution is -2.38. The van der Waals surface area contributed by atoms with Crippen LogP contribution in [0.2, 0.25) is 0 Å². The Kier molecular flexibility index (Phi) is 7.00. The molecular weight excluding hydrogens is 268 g/mol. The number of hydrogen-bond donors (Lipinski definition) is 1. The summed E-state index contributed by atoms with van der Waals surface area (Å²) in [4.78, 5) is 4.17. The van der Waals surface area contributed by atoms with Crippen LogP contribution in [-0.2, 0) is 11.2 Å². The van der Waals surface area contributed by atoms with E-state index in [-0.39, 0.29) is 0 Å². The molecule has 0 fully saturated rings. The van der Waals surface area contributed by atoms with Gasteiger partial charge >= 0.3 is 0 Å². The second-order valence-corrected chi connectivity index (χ2v) is 6.48. The number of thiophene rings is 1. The van der Waals surface area contributed by atoms with Crippen molar-refractivity contribution in [1.29, 1.82) is 0 Å². The molecule has 2 rings (SSSR count). The Hall–Kier alpha value is -0.420. The summed E-state index contributed by atoms with van der Waals surface area (Å²) in [6.45, 7) is 10.6. The zero-order valence-electron chi connectivity index (χ0n) is 12.9. The maximum atomic E-state index is 5.55. The van der Waals surface area contributed by atoms with Crippen LogP contribution < -0.4 is 5.32 Å². The molecule has 1 aliphatic rings. The third-order valence-electron chi connectivity index (χ3n) is 4.04. The molecular formula is C16H28N2OS.